The fourth-order valence-electron chi connectivity index (χ4n) is 1.95. The molecule has 96 valence electrons. The minimum absolute atomic E-state index is 0.338. The number of fused-ring (bicyclic) bond motifs is 1. The minimum Gasteiger partial charge on any atom is -0.494 e. The second kappa shape index (κ2) is 4.81. The number of aromatic nitrogens is 2. The van der Waals surface area contributed by atoms with Crippen LogP contribution in [-0.2, 0) is 9.53 Å². The number of esters is 1. The number of hydrogen-bond donors (Lipinski definition) is 1. The molecule has 2 rings (SSSR count). The highest BCUT2D eigenvalue weighted by atomic mass is 32.1. The van der Waals surface area contributed by atoms with Crippen molar-refractivity contribution >= 4 is 29.2 Å². The highest BCUT2D eigenvalue weighted by Gasteiger charge is 2.19. The van der Waals surface area contributed by atoms with Crippen molar-refractivity contribution in [3.63, 3.8) is 0 Å². The molecule has 1 N–H and O–H groups in total. The molecule has 1 aromatic carbocycles. The van der Waals surface area contributed by atoms with Gasteiger partial charge in [0.15, 0.2) is 4.77 Å². The lowest BCUT2D eigenvalue weighted by atomic mass is 10.2. The van der Waals surface area contributed by atoms with E-state index in [0.717, 1.165) is 11.0 Å². The first-order chi connectivity index (χ1) is 8.60. The molecule has 0 aliphatic carbocycles. The van der Waals surface area contributed by atoms with Gasteiger partial charge in [-0.1, -0.05) is 6.07 Å². The van der Waals surface area contributed by atoms with Gasteiger partial charge < -0.3 is 19.0 Å². The largest absolute Gasteiger partial charge is 0.494 e. The number of hydrogen-bond acceptors (Lipinski definition) is 4. The van der Waals surface area contributed by atoms with Crippen molar-refractivity contribution in [1.82, 2.24) is 9.55 Å². The van der Waals surface area contributed by atoms with Gasteiger partial charge in [0.05, 0.1) is 19.7 Å². The maximum atomic E-state index is 11.6. The van der Waals surface area contributed by atoms with E-state index >= 15 is 0 Å². The van der Waals surface area contributed by atoms with Crippen molar-refractivity contribution in [2.24, 2.45) is 0 Å². The molecular weight excluding hydrogens is 252 g/mol. The summed E-state index contributed by atoms with van der Waals surface area (Å²) in [6.45, 7) is 1.74. The zero-order chi connectivity index (χ0) is 13.3. The summed E-state index contributed by atoms with van der Waals surface area (Å²) >= 11 is 5.25. The molecule has 0 aliphatic rings. The fraction of sp³-hybridized carbons (Fsp3) is 0.333. The summed E-state index contributed by atoms with van der Waals surface area (Å²) in [7, 11) is 2.95. The van der Waals surface area contributed by atoms with Gasteiger partial charge in [-0.15, -0.1) is 0 Å². The number of imidazole rings is 1. The average Bonchev–Trinajstić information content (AvgIpc) is 2.72. The lowest BCUT2D eigenvalue weighted by molar-refractivity contribution is -0.143. The number of nitrogens with one attached hydrogen (secondary N) is 1. The van der Waals surface area contributed by atoms with E-state index in [1.807, 2.05) is 18.2 Å². The Hall–Kier alpha value is -1.82. The van der Waals surface area contributed by atoms with E-state index in [9.17, 15) is 4.79 Å². The molecular formula is C12H14N2O3S. The number of rotatable bonds is 3. The Kier molecular flexibility index (Phi) is 3.38. The van der Waals surface area contributed by atoms with Crippen molar-refractivity contribution in [1.29, 1.82) is 0 Å². The number of para-hydroxylation sites is 1. The monoisotopic (exact) mass is 266 g/mol. The molecule has 0 fully saturated rings. The summed E-state index contributed by atoms with van der Waals surface area (Å²) < 4.78 is 12.2. The van der Waals surface area contributed by atoms with Crippen molar-refractivity contribution in [2.45, 2.75) is 13.0 Å². The van der Waals surface area contributed by atoms with Crippen LogP contribution in [0.5, 0.6) is 5.75 Å². The Balaban J connectivity index is 2.69. The first-order valence-corrected chi connectivity index (χ1v) is 5.86. The topological polar surface area (TPSA) is 56.2 Å². The predicted octanol–water partition coefficient (Wildman–Crippen LogP) is 2.44. The van der Waals surface area contributed by atoms with E-state index in [1.165, 1.54) is 7.11 Å². The van der Waals surface area contributed by atoms with Gasteiger partial charge in [0.25, 0.3) is 0 Å². The van der Waals surface area contributed by atoms with Crippen LogP contribution >= 0.6 is 12.2 Å². The van der Waals surface area contributed by atoms with Crippen LogP contribution < -0.4 is 4.74 Å². The van der Waals surface area contributed by atoms with E-state index in [2.05, 4.69) is 4.98 Å². The van der Waals surface area contributed by atoms with E-state index in [-0.39, 0.29) is 5.97 Å². The van der Waals surface area contributed by atoms with Gasteiger partial charge in [-0.3, -0.25) is 0 Å². The lowest BCUT2D eigenvalue weighted by Gasteiger charge is -2.12. The molecule has 0 radical (unpaired) electrons. The van der Waals surface area contributed by atoms with Crippen LogP contribution in [0.4, 0.5) is 0 Å². The number of aromatic amines is 1. The number of benzene rings is 1. The minimum atomic E-state index is -0.483. The highest BCUT2D eigenvalue weighted by molar-refractivity contribution is 7.71. The smallest absolute Gasteiger partial charge is 0.328 e. The molecule has 0 saturated heterocycles. The second-order valence-electron chi connectivity index (χ2n) is 3.85. The Morgan fingerprint density at radius 3 is 2.78 bits per heavy atom. The van der Waals surface area contributed by atoms with Gasteiger partial charge >= 0.3 is 5.97 Å². The molecule has 1 aromatic heterocycles. The molecule has 5 nitrogen and oxygen atoms in total. The molecule has 1 atom stereocenters. The van der Waals surface area contributed by atoms with Crippen LogP contribution in [-0.4, -0.2) is 29.7 Å². The van der Waals surface area contributed by atoms with Gasteiger partial charge in [0.2, 0.25) is 0 Å². The van der Waals surface area contributed by atoms with Crippen molar-refractivity contribution < 1.29 is 14.3 Å². The number of carbonyl (C=O) groups excluding carboxylic acids is 1. The molecule has 0 amide bonds. The number of ether oxygens (including phenoxy) is 2. The van der Waals surface area contributed by atoms with Crippen LogP contribution in [0, 0.1) is 4.77 Å². The first-order valence-electron chi connectivity index (χ1n) is 5.45. The van der Waals surface area contributed by atoms with E-state index < -0.39 is 6.04 Å². The van der Waals surface area contributed by atoms with Crippen LogP contribution in [0.3, 0.4) is 0 Å². The van der Waals surface area contributed by atoms with Gasteiger partial charge in [0.1, 0.15) is 17.3 Å². The third-order valence-electron chi connectivity index (χ3n) is 2.86. The SMILES string of the molecule is COC(=O)C(C)n1c(=S)[nH]c2c(OC)cccc21. The summed E-state index contributed by atoms with van der Waals surface area (Å²) in [5, 5.41) is 0. The second-order valence-corrected chi connectivity index (χ2v) is 4.24. The summed E-state index contributed by atoms with van der Waals surface area (Å²) in [6, 6.07) is 5.08. The Bertz CT molecular complexity index is 644. The highest BCUT2D eigenvalue weighted by Crippen LogP contribution is 2.27. The quantitative estimate of drug-likeness (QED) is 0.685. The molecule has 0 bridgehead atoms. The van der Waals surface area contributed by atoms with Gasteiger partial charge in [0, 0.05) is 0 Å². The van der Waals surface area contributed by atoms with Crippen LogP contribution in [0.25, 0.3) is 11.0 Å². The molecule has 18 heavy (non-hydrogen) atoms. The van der Waals surface area contributed by atoms with Gasteiger partial charge in [-0.2, -0.15) is 0 Å². The Morgan fingerprint density at radius 1 is 1.44 bits per heavy atom. The molecule has 2 aromatic rings. The normalized spacial score (nSPS) is 12.4. The summed E-state index contributed by atoms with van der Waals surface area (Å²) in [4.78, 5) is 14.7. The Morgan fingerprint density at radius 2 is 2.17 bits per heavy atom. The standard InChI is InChI=1S/C12H14N2O3S/c1-7(11(15)17-3)14-8-5-4-6-9(16-2)10(8)13-12(14)18/h4-7H,1-3H3,(H,13,18). The zero-order valence-corrected chi connectivity index (χ0v) is 11.2. The number of H-pyrrole nitrogens is 1. The van der Waals surface area contributed by atoms with Crippen molar-refractivity contribution in [2.75, 3.05) is 14.2 Å². The van der Waals surface area contributed by atoms with Crippen molar-refractivity contribution in [3.8, 4) is 5.75 Å². The third-order valence-corrected chi connectivity index (χ3v) is 3.16. The van der Waals surface area contributed by atoms with E-state index in [4.69, 9.17) is 21.7 Å². The third kappa shape index (κ3) is 1.88. The number of nitrogens with zero attached hydrogens (tertiary/aromatic N) is 1. The summed E-state index contributed by atoms with van der Waals surface area (Å²) in [6.07, 6.45) is 0. The molecule has 0 spiro atoms. The predicted molar refractivity (Wildman–Crippen MR) is 70.4 cm³/mol. The molecule has 6 heteroatoms. The van der Waals surface area contributed by atoms with Crippen LogP contribution in [0.1, 0.15) is 13.0 Å². The zero-order valence-electron chi connectivity index (χ0n) is 10.4. The van der Waals surface area contributed by atoms with Gasteiger partial charge in [-0.25, -0.2) is 4.79 Å². The maximum absolute atomic E-state index is 11.6. The molecule has 0 saturated carbocycles. The first kappa shape index (κ1) is 12.6. The van der Waals surface area contributed by atoms with Crippen LogP contribution in [0.15, 0.2) is 18.2 Å². The van der Waals surface area contributed by atoms with Crippen LogP contribution in [0.2, 0.25) is 0 Å². The lowest BCUT2D eigenvalue weighted by Crippen LogP contribution is -2.17. The fourth-order valence-corrected chi connectivity index (χ4v) is 2.31. The van der Waals surface area contributed by atoms with E-state index in [1.54, 1.807) is 18.6 Å². The maximum Gasteiger partial charge on any atom is 0.328 e. The summed E-state index contributed by atoms with van der Waals surface area (Å²) in [5.74, 6) is 0.351. The number of carbonyl (C=O) groups is 1. The van der Waals surface area contributed by atoms with E-state index in [0.29, 0.717) is 10.5 Å². The molecule has 0 aliphatic heterocycles. The van der Waals surface area contributed by atoms with Crippen molar-refractivity contribution in [3.05, 3.63) is 23.0 Å². The Labute approximate surface area is 109 Å². The number of methoxy groups -OCH3 is 2. The molecule has 1 unspecified atom stereocenters. The molecule has 1 heterocycles. The van der Waals surface area contributed by atoms with Gasteiger partial charge in [-0.05, 0) is 31.3 Å². The summed E-state index contributed by atoms with van der Waals surface area (Å²) in [5.41, 5.74) is 1.60. The average molecular weight is 266 g/mol.